The zero-order valence-corrected chi connectivity index (χ0v) is 13.0. The molecule has 4 heteroatoms. The van der Waals surface area contributed by atoms with Crippen LogP contribution in [0.5, 0.6) is 0 Å². The van der Waals surface area contributed by atoms with E-state index >= 15 is 0 Å². The molecule has 0 aliphatic heterocycles. The Bertz CT molecular complexity index is 441. The molecule has 0 radical (unpaired) electrons. The minimum Gasteiger partial charge on any atom is -0.466 e. The van der Waals surface area contributed by atoms with Gasteiger partial charge in [-0.1, -0.05) is 44.2 Å². The lowest BCUT2D eigenvalue weighted by Crippen LogP contribution is -2.25. The van der Waals surface area contributed by atoms with Crippen molar-refractivity contribution in [3.63, 3.8) is 0 Å². The van der Waals surface area contributed by atoms with Gasteiger partial charge in [-0.2, -0.15) is 0 Å². The highest BCUT2D eigenvalue weighted by molar-refractivity contribution is 5.80. The molecule has 0 aliphatic carbocycles. The minimum absolute atomic E-state index is 0.171. The summed E-state index contributed by atoms with van der Waals surface area (Å²) in [6.07, 6.45) is 0.998. The molecule has 2 atom stereocenters. The molecule has 1 aromatic carbocycles. The van der Waals surface area contributed by atoms with Crippen molar-refractivity contribution < 1.29 is 19.1 Å². The van der Waals surface area contributed by atoms with Gasteiger partial charge in [0.25, 0.3) is 0 Å². The molecule has 0 spiro atoms. The van der Waals surface area contributed by atoms with Gasteiger partial charge >= 0.3 is 11.9 Å². The Balaban J connectivity index is 2.81. The Morgan fingerprint density at radius 2 is 1.76 bits per heavy atom. The van der Waals surface area contributed by atoms with Crippen LogP contribution >= 0.6 is 0 Å². The summed E-state index contributed by atoms with van der Waals surface area (Å²) >= 11 is 0. The van der Waals surface area contributed by atoms with Gasteiger partial charge in [0.05, 0.1) is 19.1 Å². The maximum Gasteiger partial charge on any atom is 0.313 e. The lowest BCUT2D eigenvalue weighted by Gasteiger charge is -2.22. The molecule has 0 amide bonds. The largest absolute Gasteiger partial charge is 0.466 e. The van der Waals surface area contributed by atoms with Crippen LogP contribution in [0.1, 0.15) is 45.1 Å². The summed E-state index contributed by atoms with van der Waals surface area (Å²) in [7, 11) is 0. The fraction of sp³-hybridized carbons (Fsp3) is 0.529. The highest BCUT2D eigenvalue weighted by Crippen LogP contribution is 2.28. The number of benzene rings is 1. The molecule has 0 fully saturated rings. The molecular weight excluding hydrogens is 268 g/mol. The first kappa shape index (κ1) is 17.2. The normalized spacial score (nSPS) is 13.3. The fourth-order valence-corrected chi connectivity index (χ4v) is 2.24. The second-order valence-corrected chi connectivity index (χ2v) is 5.04. The molecule has 0 bridgehead atoms. The number of ether oxygens (including phenoxy) is 2. The van der Waals surface area contributed by atoms with Crippen LogP contribution in [0.25, 0.3) is 0 Å². The zero-order chi connectivity index (χ0) is 15.7. The fourth-order valence-electron chi connectivity index (χ4n) is 2.24. The van der Waals surface area contributed by atoms with E-state index in [0.29, 0.717) is 13.2 Å². The van der Waals surface area contributed by atoms with Gasteiger partial charge in [0, 0.05) is 6.42 Å². The molecule has 0 aromatic heterocycles. The van der Waals surface area contributed by atoms with Crippen LogP contribution < -0.4 is 0 Å². The third-order valence-electron chi connectivity index (χ3n) is 3.22. The van der Waals surface area contributed by atoms with E-state index in [4.69, 9.17) is 9.47 Å². The number of carbonyl (C=O) groups is 2. The monoisotopic (exact) mass is 292 g/mol. The van der Waals surface area contributed by atoms with Gasteiger partial charge in [0.2, 0.25) is 0 Å². The van der Waals surface area contributed by atoms with Gasteiger partial charge in [-0.15, -0.1) is 0 Å². The second kappa shape index (κ2) is 9.16. The lowest BCUT2D eigenvalue weighted by atomic mass is 9.85. The van der Waals surface area contributed by atoms with Gasteiger partial charge in [0.1, 0.15) is 0 Å². The predicted molar refractivity (Wildman–Crippen MR) is 80.8 cm³/mol. The van der Waals surface area contributed by atoms with Crippen LogP contribution in [-0.2, 0) is 19.1 Å². The van der Waals surface area contributed by atoms with Gasteiger partial charge < -0.3 is 9.47 Å². The van der Waals surface area contributed by atoms with Crippen LogP contribution in [0, 0.1) is 5.92 Å². The maximum atomic E-state index is 12.2. The van der Waals surface area contributed by atoms with Gasteiger partial charge in [-0.25, -0.2) is 0 Å². The molecule has 0 saturated heterocycles. The summed E-state index contributed by atoms with van der Waals surface area (Å²) in [5, 5.41) is 0. The van der Waals surface area contributed by atoms with Crippen LogP contribution in [0.2, 0.25) is 0 Å². The number of hydrogen-bond acceptors (Lipinski definition) is 4. The van der Waals surface area contributed by atoms with E-state index in [0.717, 1.165) is 12.0 Å². The third-order valence-corrected chi connectivity index (χ3v) is 3.22. The van der Waals surface area contributed by atoms with Gasteiger partial charge in [0.15, 0.2) is 0 Å². The summed E-state index contributed by atoms with van der Waals surface area (Å²) in [6, 6.07) is 9.42. The van der Waals surface area contributed by atoms with E-state index in [2.05, 4.69) is 0 Å². The van der Waals surface area contributed by atoms with Crippen molar-refractivity contribution in [1.82, 2.24) is 0 Å². The Labute approximate surface area is 126 Å². The maximum absolute atomic E-state index is 12.2. The first-order chi connectivity index (χ1) is 10.1. The minimum atomic E-state index is -0.444. The van der Waals surface area contributed by atoms with Gasteiger partial charge in [-0.05, 0) is 24.8 Å². The van der Waals surface area contributed by atoms with Crippen LogP contribution in [0.15, 0.2) is 30.3 Å². The van der Waals surface area contributed by atoms with Gasteiger partial charge in [-0.3, -0.25) is 9.59 Å². The van der Waals surface area contributed by atoms with E-state index in [-0.39, 0.29) is 24.3 Å². The average Bonchev–Trinajstić information content (AvgIpc) is 2.46. The first-order valence-corrected chi connectivity index (χ1v) is 7.47. The number of rotatable bonds is 8. The summed E-state index contributed by atoms with van der Waals surface area (Å²) in [4.78, 5) is 24.0. The van der Waals surface area contributed by atoms with E-state index in [1.54, 1.807) is 6.92 Å². The zero-order valence-electron chi connectivity index (χ0n) is 13.0. The molecule has 1 rings (SSSR count). The lowest BCUT2D eigenvalue weighted by molar-refractivity contribution is -0.148. The number of carbonyl (C=O) groups excluding carboxylic acids is 2. The van der Waals surface area contributed by atoms with Crippen molar-refractivity contribution in [2.24, 2.45) is 5.92 Å². The Morgan fingerprint density at radius 1 is 1.10 bits per heavy atom. The molecule has 4 nitrogen and oxygen atoms in total. The topological polar surface area (TPSA) is 52.6 Å². The Kier molecular flexibility index (Phi) is 7.51. The first-order valence-electron chi connectivity index (χ1n) is 7.47. The third kappa shape index (κ3) is 5.58. The van der Waals surface area contributed by atoms with E-state index in [9.17, 15) is 9.59 Å². The van der Waals surface area contributed by atoms with Crippen molar-refractivity contribution in [3.8, 4) is 0 Å². The SMILES string of the molecule is CCCOC(=O)CC(C)C(C(=O)OCC)c1ccccc1. The second-order valence-electron chi connectivity index (χ2n) is 5.04. The van der Waals surface area contributed by atoms with Crippen LogP contribution in [-0.4, -0.2) is 25.2 Å². The Morgan fingerprint density at radius 3 is 2.33 bits per heavy atom. The summed E-state index contributed by atoms with van der Waals surface area (Å²) in [6.45, 7) is 6.35. The highest BCUT2D eigenvalue weighted by Gasteiger charge is 2.30. The quantitative estimate of drug-likeness (QED) is 0.690. The predicted octanol–water partition coefficient (Wildman–Crippen LogP) is 3.31. The molecule has 0 saturated carbocycles. The number of esters is 2. The standard InChI is InChI=1S/C17H24O4/c1-4-11-21-15(18)12-13(3)16(17(19)20-5-2)14-9-7-6-8-10-14/h6-10,13,16H,4-5,11-12H2,1-3H3. The van der Waals surface area contributed by atoms with Crippen molar-refractivity contribution in [2.75, 3.05) is 13.2 Å². The van der Waals surface area contributed by atoms with E-state index in [1.807, 2.05) is 44.2 Å². The smallest absolute Gasteiger partial charge is 0.313 e. The molecule has 2 unspecified atom stereocenters. The van der Waals surface area contributed by atoms with E-state index in [1.165, 1.54) is 0 Å². The molecular formula is C17H24O4. The van der Waals surface area contributed by atoms with Crippen molar-refractivity contribution in [2.45, 2.75) is 39.5 Å². The molecule has 0 aliphatic rings. The van der Waals surface area contributed by atoms with Crippen molar-refractivity contribution in [1.29, 1.82) is 0 Å². The Hall–Kier alpha value is -1.84. The van der Waals surface area contributed by atoms with Crippen LogP contribution in [0.3, 0.4) is 0 Å². The summed E-state index contributed by atoms with van der Waals surface area (Å²) in [5.74, 6) is -1.18. The van der Waals surface area contributed by atoms with Crippen molar-refractivity contribution in [3.05, 3.63) is 35.9 Å². The number of hydrogen-bond donors (Lipinski definition) is 0. The summed E-state index contributed by atoms with van der Waals surface area (Å²) < 4.78 is 10.2. The highest BCUT2D eigenvalue weighted by atomic mass is 16.5. The molecule has 116 valence electrons. The molecule has 0 heterocycles. The molecule has 1 aromatic rings. The summed E-state index contributed by atoms with van der Waals surface area (Å²) in [5.41, 5.74) is 0.867. The molecule has 21 heavy (non-hydrogen) atoms. The van der Waals surface area contributed by atoms with Crippen molar-refractivity contribution >= 4 is 11.9 Å². The van der Waals surface area contributed by atoms with E-state index < -0.39 is 5.92 Å². The average molecular weight is 292 g/mol. The van der Waals surface area contributed by atoms with Crippen LogP contribution in [0.4, 0.5) is 0 Å². The molecule has 0 N–H and O–H groups in total.